The lowest BCUT2D eigenvalue weighted by molar-refractivity contribution is 0.348. The maximum Gasteiger partial charge on any atom is 0.166 e. The van der Waals surface area contributed by atoms with Gasteiger partial charge >= 0.3 is 0 Å². The summed E-state index contributed by atoms with van der Waals surface area (Å²) in [5.74, 6) is 0.288. The molecule has 2 aliphatic rings. The number of nitrogens with zero attached hydrogens (tertiary/aromatic N) is 3. The fourth-order valence-corrected chi connectivity index (χ4v) is 6.21. The van der Waals surface area contributed by atoms with Crippen LogP contribution in [0.15, 0.2) is 87.1 Å². The zero-order valence-electron chi connectivity index (χ0n) is 21.5. The Kier molecular flexibility index (Phi) is 14.4. The van der Waals surface area contributed by atoms with Gasteiger partial charge in [0.25, 0.3) is 0 Å². The van der Waals surface area contributed by atoms with Gasteiger partial charge in [0.1, 0.15) is 5.82 Å². The molecule has 188 valence electrons. The Morgan fingerprint density at radius 1 is 0.971 bits per heavy atom. The smallest absolute Gasteiger partial charge is 0.166 e. The number of hydrogen-bond donors (Lipinski definition) is 0. The molecule has 2 unspecified atom stereocenters. The molecule has 0 radical (unpaired) electrons. The molecule has 0 amide bonds. The van der Waals surface area contributed by atoms with Crippen LogP contribution in [0, 0.1) is 0 Å². The third kappa shape index (κ3) is 8.51. The summed E-state index contributed by atoms with van der Waals surface area (Å²) >= 11 is 0. The minimum absolute atomic E-state index is 0.288. The van der Waals surface area contributed by atoms with E-state index >= 15 is 0 Å². The molecule has 0 spiro atoms. The number of rotatable bonds is 12. The third-order valence-electron chi connectivity index (χ3n) is 5.10. The Labute approximate surface area is 212 Å². The molecule has 2 rings (SSSR count). The highest BCUT2D eigenvalue weighted by Gasteiger charge is 2.29. The monoisotopic (exact) mass is 503 g/mol. The Morgan fingerprint density at radius 2 is 1.65 bits per heavy atom. The van der Waals surface area contributed by atoms with E-state index in [0.29, 0.717) is 22.8 Å². The van der Waals surface area contributed by atoms with Crippen molar-refractivity contribution in [3.8, 4) is 0 Å². The van der Waals surface area contributed by atoms with Crippen LogP contribution in [-0.2, 0) is 22.0 Å². The molecule has 5 nitrogen and oxygen atoms in total. The van der Waals surface area contributed by atoms with E-state index in [1.54, 1.807) is 0 Å². The van der Waals surface area contributed by atoms with Gasteiger partial charge in [-0.25, -0.2) is 13.4 Å². The first-order valence-electron chi connectivity index (χ1n) is 12.2. The second-order valence-electron chi connectivity index (χ2n) is 7.48. The van der Waals surface area contributed by atoms with Crippen LogP contribution in [0.1, 0.15) is 73.1 Å². The molecule has 0 N–H and O–H groups in total. The van der Waals surface area contributed by atoms with Gasteiger partial charge in [0, 0.05) is 13.3 Å². The molecule has 7 heteroatoms. The fourth-order valence-electron chi connectivity index (χ4n) is 3.43. The zero-order chi connectivity index (χ0) is 25.5. The van der Waals surface area contributed by atoms with E-state index in [0.717, 1.165) is 32.1 Å². The molecular formula is C27H41N3O2S2. The molecule has 0 aromatic heterocycles. The van der Waals surface area contributed by atoms with E-state index in [9.17, 15) is 8.42 Å². The van der Waals surface area contributed by atoms with Crippen molar-refractivity contribution in [2.24, 2.45) is 5.10 Å². The highest BCUT2D eigenvalue weighted by atomic mass is 32.3. The van der Waals surface area contributed by atoms with Crippen molar-refractivity contribution in [1.82, 2.24) is 8.72 Å². The normalized spacial score (nSPS) is 16.9. The minimum Gasteiger partial charge on any atom is -0.249 e. The molecule has 0 aromatic rings. The molecule has 0 heterocycles. The molecule has 0 aromatic carbocycles. The first-order valence-corrected chi connectivity index (χ1v) is 14.4. The maximum atomic E-state index is 13.7. The summed E-state index contributed by atoms with van der Waals surface area (Å²) in [4.78, 5) is 1.18. The third-order valence-corrected chi connectivity index (χ3v) is 8.32. The average Bonchev–Trinajstić information content (AvgIpc) is 3.23. The number of hydrazone groups is 1. The minimum atomic E-state index is -1.74. The summed E-state index contributed by atoms with van der Waals surface area (Å²) in [6, 6.07) is 0. The van der Waals surface area contributed by atoms with Gasteiger partial charge < -0.3 is 0 Å². The Bertz CT molecular complexity index is 940. The molecule has 0 saturated carbocycles. The highest BCUT2D eigenvalue weighted by Crippen LogP contribution is 2.27. The van der Waals surface area contributed by atoms with E-state index < -0.39 is 22.0 Å². The van der Waals surface area contributed by atoms with E-state index in [4.69, 9.17) is 0 Å². The molecular weight excluding hydrogens is 462 g/mol. The van der Waals surface area contributed by atoms with Crippen molar-refractivity contribution >= 4 is 28.7 Å². The number of allylic oxidation sites excluding steroid dienone is 10. The SMILES string of the molecule is C=NN(CC)C(=C)N(S(=O)C1=CC=C(CCC)CC=C1)S(=O)C1=CCC=C(CCC)C=C1.CC. The maximum absolute atomic E-state index is 13.7. The second-order valence-corrected chi connectivity index (χ2v) is 10.4. The van der Waals surface area contributed by atoms with Crippen LogP contribution in [0.2, 0.25) is 0 Å². The molecule has 0 fully saturated rings. The molecule has 0 saturated heterocycles. The molecule has 2 atom stereocenters. The summed E-state index contributed by atoms with van der Waals surface area (Å²) < 4.78 is 28.8. The summed E-state index contributed by atoms with van der Waals surface area (Å²) in [5, 5.41) is 5.48. The topological polar surface area (TPSA) is 53.0 Å². The van der Waals surface area contributed by atoms with Gasteiger partial charge in [-0.05, 0) is 50.8 Å². The van der Waals surface area contributed by atoms with Gasteiger partial charge in [0.05, 0.1) is 9.81 Å². The molecule has 0 aliphatic heterocycles. The number of hydrogen-bond acceptors (Lipinski definition) is 4. The largest absolute Gasteiger partial charge is 0.249 e. The summed E-state index contributed by atoms with van der Waals surface area (Å²) in [6.07, 6.45) is 21.2. The Balaban J connectivity index is 0.00000281. The van der Waals surface area contributed by atoms with Crippen molar-refractivity contribution in [2.45, 2.75) is 73.1 Å². The standard InChI is InChI=1S/C25H35N3O2S2.C2H6/c1-6-11-22-13-9-15-24(19-17-22)31(29)28(21(4)27(8-3)26-5)32(30)25-16-10-14-23(12-7-2)18-20-25;1-2/h9,14-20H,4-8,10-13H2,1-3H3;1-2H3. The average molecular weight is 504 g/mol. The van der Waals surface area contributed by atoms with E-state index in [2.05, 4.69) is 38.3 Å². The molecule has 2 aliphatic carbocycles. The van der Waals surface area contributed by atoms with Gasteiger partial charge in [-0.3, -0.25) is 0 Å². The predicted molar refractivity (Wildman–Crippen MR) is 150 cm³/mol. The Morgan fingerprint density at radius 3 is 2.26 bits per heavy atom. The summed E-state index contributed by atoms with van der Waals surface area (Å²) in [7, 11) is -3.46. The van der Waals surface area contributed by atoms with Crippen molar-refractivity contribution in [2.75, 3.05) is 6.54 Å². The molecule has 34 heavy (non-hydrogen) atoms. The van der Waals surface area contributed by atoms with Crippen LogP contribution in [0.5, 0.6) is 0 Å². The highest BCUT2D eigenvalue weighted by molar-refractivity contribution is 8.01. The van der Waals surface area contributed by atoms with Gasteiger partial charge in [-0.15, -0.1) is 0 Å². The van der Waals surface area contributed by atoms with Gasteiger partial charge in [0.2, 0.25) is 0 Å². The second kappa shape index (κ2) is 16.4. The lowest BCUT2D eigenvalue weighted by Gasteiger charge is -2.29. The quantitative estimate of drug-likeness (QED) is 0.209. The zero-order valence-corrected chi connectivity index (χ0v) is 23.1. The van der Waals surface area contributed by atoms with Crippen LogP contribution >= 0.6 is 0 Å². The first kappa shape index (κ1) is 29.8. The van der Waals surface area contributed by atoms with Crippen LogP contribution in [-0.4, -0.2) is 30.4 Å². The Hall–Kier alpha value is -2.25. The van der Waals surface area contributed by atoms with E-state index in [1.165, 1.54) is 19.9 Å². The van der Waals surface area contributed by atoms with Crippen molar-refractivity contribution < 1.29 is 8.42 Å². The van der Waals surface area contributed by atoms with E-state index in [-0.39, 0.29) is 5.82 Å². The molecule has 0 bridgehead atoms. The lowest BCUT2D eigenvalue weighted by atomic mass is 10.1. The van der Waals surface area contributed by atoms with Crippen LogP contribution in [0.25, 0.3) is 0 Å². The van der Waals surface area contributed by atoms with Gasteiger partial charge in [0.15, 0.2) is 22.0 Å². The van der Waals surface area contributed by atoms with Crippen LogP contribution in [0.4, 0.5) is 0 Å². The van der Waals surface area contributed by atoms with Crippen LogP contribution in [0.3, 0.4) is 0 Å². The lowest BCUT2D eigenvalue weighted by Crippen LogP contribution is -2.35. The van der Waals surface area contributed by atoms with Gasteiger partial charge in [-0.2, -0.15) is 8.81 Å². The first-order chi connectivity index (χ1) is 16.5. The predicted octanol–water partition coefficient (Wildman–Crippen LogP) is 7.19. The van der Waals surface area contributed by atoms with Crippen LogP contribution < -0.4 is 0 Å². The van der Waals surface area contributed by atoms with Crippen molar-refractivity contribution in [3.05, 3.63) is 82.0 Å². The van der Waals surface area contributed by atoms with Gasteiger partial charge in [-0.1, -0.05) is 88.6 Å². The summed E-state index contributed by atoms with van der Waals surface area (Å²) in [5.41, 5.74) is 2.50. The van der Waals surface area contributed by atoms with Crippen molar-refractivity contribution in [1.29, 1.82) is 0 Å². The van der Waals surface area contributed by atoms with Crippen molar-refractivity contribution in [3.63, 3.8) is 0 Å². The fraction of sp³-hybridized carbons (Fsp3) is 0.444. The van der Waals surface area contributed by atoms with E-state index in [1.807, 2.05) is 63.3 Å². The summed E-state index contributed by atoms with van der Waals surface area (Å²) in [6.45, 7) is 18.3.